The summed E-state index contributed by atoms with van der Waals surface area (Å²) in [5.74, 6) is 2.42. The van der Waals surface area contributed by atoms with Crippen molar-refractivity contribution < 1.29 is 28.7 Å². The maximum absolute atomic E-state index is 11.0. The number of carbonyl (C=O) groups excluding carboxylic acids is 4. The number of carbonyl (C=O) groups is 4. The van der Waals surface area contributed by atoms with Crippen molar-refractivity contribution in [2.75, 3.05) is 42.8 Å². The van der Waals surface area contributed by atoms with E-state index in [4.69, 9.17) is 9.47 Å². The zero-order chi connectivity index (χ0) is 26.2. The van der Waals surface area contributed by atoms with Gasteiger partial charge in [-0.05, 0) is 32.4 Å². The van der Waals surface area contributed by atoms with Crippen molar-refractivity contribution in [3.63, 3.8) is 0 Å². The van der Waals surface area contributed by atoms with Crippen molar-refractivity contribution in [3.05, 3.63) is 49.6 Å². The predicted octanol–water partition coefficient (Wildman–Crippen LogP) is 4.81. The van der Waals surface area contributed by atoms with Gasteiger partial charge in [-0.25, -0.2) is 9.59 Å². The lowest BCUT2D eigenvalue weighted by Gasteiger charge is -2.05. The van der Waals surface area contributed by atoms with E-state index >= 15 is 0 Å². The summed E-state index contributed by atoms with van der Waals surface area (Å²) in [6.07, 6.45) is 4.08. The second-order valence-corrected chi connectivity index (χ2v) is 11.8. The number of hydrogen-bond donors (Lipinski definition) is 1. The summed E-state index contributed by atoms with van der Waals surface area (Å²) in [5.41, 5.74) is 0.804. The van der Waals surface area contributed by atoms with Gasteiger partial charge in [0.2, 0.25) is 5.91 Å². The smallest absolute Gasteiger partial charge is 0.333 e. The van der Waals surface area contributed by atoms with E-state index in [1.807, 2.05) is 0 Å². The first kappa shape index (κ1) is 34.6. The van der Waals surface area contributed by atoms with E-state index < -0.39 is 0 Å². The summed E-state index contributed by atoms with van der Waals surface area (Å²) in [6, 6.07) is 0. The van der Waals surface area contributed by atoms with Crippen LogP contribution in [-0.4, -0.2) is 66.4 Å². The summed E-state index contributed by atoms with van der Waals surface area (Å²) >= 11 is 0. The van der Waals surface area contributed by atoms with Gasteiger partial charge in [-0.2, -0.15) is 0 Å². The van der Waals surface area contributed by atoms with Crippen molar-refractivity contribution in [2.45, 2.75) is 26.7 Å². The maximum Gasteiger partial charge on any atom is 0.333 e. The molecule has 1 amide bonds. The number of hydrogen-bond acceptors (Lipinski definition) is 10. The molecule has 7 nitrogen and oxygen atoms in total. The predicted molar refractivity (Wildman–Crippen MR) is 149 cm³/mol. The number of ether oxygens (including phenoxy) is 2. The van der Waals surface area contributed by atoms with E-state index in [1.54, 1.807) is 57.0 Å². The van der Waals surface area contributed by atoms with Crippen molar-refractivity contribution in [3.8, 4) is 0 Å². The minimum atomic E-state index is -0.365. The SMILES string of the molecule is C=C(C)C(=O)OCCSSCCOC(=O)C(=C)C.C=CC(=O)CCCSSCCNC(=O)C=C. The van der Waals surface area contributed by atoms with Crippen LogP contribution in [0.4, 0.5) is 0 Å². The molecule has 0 aliphatic rings. The molecule has 0 aromatic rings. The zero-order valence-electron chi connectivity index (χ0n) is 19.9. The lowest BCUT2D eigenvalue weighted by atomic mass is 10.2. The fourth-order valence-electron chi connectivity index (χ4n) is 1.51. The number of esters is 2. The Morgan fingerprint density at radius 1 is 0.765 bits per heavy atom. The Labute approximate surface area is 219 Å². The minimum absolute atomic E-state index is 0.101. The minimum Gasteiger partial charge on any atom is -0.461 e. The first-order valence-corrected chi connectivity index (χ1v) is 15.3. The summed E-state index contributed by atoms with van der Waals surface area (Å²) in [4.78, 5) is 43.7. The van der Waals surface area contributed by atoms with E-state index in [2.05, 4.69) is 31.6 Å². The largest absolute Gasteiger partial charge is 0.461 e. The molecule has 34 heavy (non-hydrogen) atoms. The van der Waals surface area contributed by atoms with Crippen LogP contribution in [-0.2, 0) is 28.7 Å². The number of amides is 1. The molecule has 0 aliphatic heterocycles. The topological polar surface area (TPSA) is 98.8 Å². The fourth-order valence-corrected chi connectivity index (χ4v) is 5.16. The fraction of sp³-hybridized carbons (Fsp3) is 0.478. The Balaban J connectivity index is 0. The molecule has 0 spiro atoms. The van der Waals surface area contributed by atoms with Crippen LogP contribution in [0.25, 0.3) is 0 Å². The Bertz CT molecular complexity index is 639. The highest BCUT2D eigenvalue weighted by atomic mass is 33.1. The number of allylic oxidation sites excluding steroid dienone is 1. The van der Waals surface area contributed by atoms with Crippen LogP contribution in [0.5, 0.6) is 0 Å². The number of nitrogens with one attached hydrogen (secondary N) is 1. The highest BCUT2D eigenvalue weighted by Crippen LogP contribution is 2.22. The molecule has 11 heteroatoms. The van der Waals surface area contributed by atoms with Gasteiger partial charge >= 0.3 is 11.9 Å². The highest BCUT2D eigenvalue weighted by Gasteiger charge is 2.04. The Morgan fingerprint density at radius 2 is 1.24 bits per heavy atom. The summed E-state index contributed by atoms with van der Waals surface area (Å²) in [5, 5.41) is 2.69. The second kappa shape index (κ2) is 24.6. The molecule has 0 unspecified atom stereocenters. The van der Waals surface area contributed by atoms with Crippen LogP contribution in [0.15, 0.2) is 49.6 Å². The Morgan fingerprint density at radius 3 is 1.68 bits per heavy atom. The monoisotopic (exact) mass is 549 g/mol. The number of ketones is 1. The van der Waals surface area contributed by atoms with Crippen molar-refractivity contribution in [1.82, 2.24) is 5.32 Å². The van der Waals surface area contributed by atoms with E-state index in [0.29, 0.717) is 48.8 Å². The van der Waals surface area contributed by atoms with Crippen LogP contribution in [0.2, 0.25) is 0 Å². The average Bonchev–Trinajstić information content (AvgIpc) is 2.81. The van der Waals surface area contributed by atoms with Gasteiger partial charge < -0.3 is 14.8 Å². The van der Waals surface area contributed by atoms with Gasteiger partial charge in [-0.15, -0.1) is 0 Å². The van der Waals surface area contributed by atoms with Crippen molar-refractivity contribution >= 4 is 66.8 Å². The maximum atomic E-state index is 11.0. The molecule has 0 saturated carbocycles. The van der Waals surface area contributed by atoms with E-state index in [9.17, 15) is 19.2 Å². The lowest BCUT2D eigenvalue weighted by Crippen LogP contribution is -2.23. The average molecular weight is 550 g/mol. The van der Waals surface area contributed by atoms with Crippen LogP contribution in [0.3, 0.4) is 0 Å². The van der Waals surface area contributed by atoms with Gasteiger partial charge in [0, 0.05) is 47.1 Å². The summed E-state index contributed by atoms with van der Waals surface area (Å²) in [7, 11) is 6.54. The normalized spacial score (nSPS) is 9.59. The standard InChI is InChI=1S/C12H18O4S2.C11H17NO2S2/c1-9(2)11(13)15-5-7-17-18-8-6-16-12(14)10(3)4;1-3-10(13)6-5-8-15-16-9-7-12-11(14)4-2/h1,3,5-8H2,2,4H3;3-4H,1-2,5-9H2,(H,12,14). The van der Waals surface area contributed by atoms with Gasteiger partial charge in [-0.1, -0.05) is 69.5 Å². The molecule has 0 aliphatic carbocycles. The van der Waals surface area contributed by atoms with Gasteiger partial charge in [0.25, 0.3) is 0 Å². The van der Waals surface area contributed by atoms with Gasteiger partial charge in [0.05, 0.1) is 0 Å². The molecule has 192 valence electrons. The van der Waals surface area contributed by atoms with Crippen LogP contribution in [0, 0.1) is 0 Å². The molecular weight excluding hydrogens is 515 g/mol. The van der Waals surface area contributed by atoms with Crippen LogP contribution >= 0.6 is 43.2 Å². The molecule has 1 N–H and O–H groups in total. The highest BCUT2D eigenvalue weighted by molar-refractivity contribution is 8.77. The van der Waals surface area contributed by atoms with E-state index in [1.165, 1.54) is 12.2 Å². The Hall–Kier alpha value is -1.56. The lowest BCUT2D eigenvalue weighted by molar-refractivity contribution is -0.139. The van der Waals surface area contributed by atoms with E-state index in [-0.39, 0.29) is 23.6 Å². The molecule has 0 fully saturated rings. The molecule has 0 radical (unpaired) electrons. The Kier molecular flexibility index (Phi) is 25.0. The molecule has 0 bridgehead atoms. The third kappa shape index (κ3) is 25.1. The second-order valence-electron chi connectivity index (χ2n) is 6.39. The zero-order valence-corrected chi connectivity index (χ0v) is 23.2. The molecule has 0 heterocycles. The summed E-state index contributed by atoms with van der Waals surface area (Å²) < 4.78 is 9.82. The molecule has 0 rings (SSSR count). The molecule has 0 aromatic heterocycles. The third-order valence-corrected chi connectivity index (χ3v) is 8.04. The van der Waals surface area contributed by atoms with E-state index in [0.717, 1.165) is 17.9 Å². The van der Waals surface area contributed by atoms with Crippen molar-refractivity contribution in [2.24, 2.45) is 0 Å². The third-order valence-electron chi connectivity index (χ3n) is 3.21. The van der Waals surface area contributed by atoms with Crippen LogP contribution in [0.1, 0.15) is 26.7 Å². The molecule has 0 saturated heterocycles. The molecular formula is C23H35NO6S4. The molecule has 0 atom stereocenters. The van der Waals surface area contributed by atoms with Crippen LogP contribution < -0.4 is 5.32 Å². The van der Waals surface area contributed by atoms with Gasteiger partial charge in [0.15, 0.2) is 5.78 Å². The summed E-state index contributed by atoms with van der Waals surface area (Å²) in [6.45, 7) is 18.3. The molecule has 0 aromatic carbocycles. The van der Waals surface area contributed by atoms with Crippen molar-refractivity contribution in [1.29, 1.82) is 0 Å². The first-order valence-electron chi connectivity index (χ1n) is 10.3. The quantitative estimate of drug-likeness (QED) is 0.105. The van der Waals surface area contributed by atoms with Gasteiger partial charge in [-0.3, -0.25) is 9.59 Å². The first-order chi connectivity index (χ1) is 16.1. The number of rotatable bonds is 19. The van der Waals surface area contributed by atoms with Gasteiger partial charge in [0.1, 0.15) is 13.2 Å².